The third-order valence-electron chi connectivity index (χ3n) is 4.11. The molecule has 1 aromatic heterocycles. The fraction of sp³-hybridized carbons (Fsp3) is 0.182. The summed E-state index contributed by atoms with van der Waals surface area (Å²) in [6.45, 7) is 1.82. The molecule has 0 saturated carbocycles. The van der Waals surface area contributed by atoms with Gasteiger partial charge in [-0.2, -0.15) is 0 Å². The zero-order valence-electron chi connectivity index (χ0n) is 17.0. The number of anilines is 1. The van der Waals surface area contributed by atoms with Gasteiger partial charge >= 0.3 is 5.97 Å². The van der Waals surface area contributed by atoms with Crippen molar-refractivity contribution in [2.24, 2.45) is 0 Å². The average Bonchev–Trinajstić information content (AvgIpc) is 2.77. The first-order valence-corrected chi connectivity index (χ1v) is 10.3. The third-order valence-corrected chi connectivity index (χ3v) is 5.10. The molecule has 3 rings (SSSR count). The van der Waals surface area contributed by atoms with Gasteiger partial charge in [0.15, 0.2) is 5.16 Å². The number of nitrogens with zero attached hydrogens (tertiary/aromatic N) is 1. The maximum Gasteiger partial charge on any atom is 0.337 e. The highest BCUT2D eigenvalue weighted by Gasteiger charge is 2.17. The van der Waals surface area contributed by atoms with Crippen LogP contribution in [0.4, 0.5) is 5.69 Å². The molecule has 0 aliphatic carbocycles. The highest BCUT2D eigenvalue weighted by Crippen LogP contribution is 2.21. The SMILES string of the molecule is COC(=O)c1cccc(NC(=O)C(C)Sc2nc(COc3ccccc3)cc(=O)[nH]2)c1. The molecule has 1 amide bonds. The van der Waals surface area contributed by atoms with Gasteiger partial charge in [0.1, 0.15) is 12.4 Å². The molecule has 160 valence electrons. The third kappa shape index (κ3) is 6.45. The van der Waals surface area contributed by atoms with Crippen LogP contribution in [0.3, 0.4) is 0 Å². The Balaban J connectivity index is 1.63. The van der Waals surface area contributed by atoms with E-state index in [4.69, 9.17) is 4.74 Å². The van der Waals surface area contributed by atoms with Crippen LogP contribution < -0.4 is 15.6 Å². The van der Waals surface area contributed by atoms with Gasteiger partial charge in [-0.3, -0.25) is 9.59 Å². The minimum absolute atomic E-state index is 0.127. The maximum absolute atomic E-state index is 12.6. The summed E-state index contributed by atoms with van der Waals surface area (Å²) in [5.41, 5.74) is 0.917. The van der Waals surface area contributed by atoms with Crippen molar-refractivity contribution in [3.63, 3.8) is 0 Å². The van der Waals surface area contributed by atoms with Crippen molar-refractivity contribution in [1.82, 2.24) is 9.97 Å². The van der Waals surface area contributed by atoms with Crippen molar-refractivity contribution >= 4 is 29.3 Å². The van der Waals surface area contributed by atoms with E-state index >= 15 is 0 Å². The van der Waals surface area contributed by atoms with Gasteiger partial charge in [0.2, 0.25) is 5.91 Å². The summed E-state index contributed by atoms with van der Waals surface area (Å²) in [6, 6.07) is 17.0. The van der Waals surface area contributed by atoms with Gasteiger partial charge in [0.25, 0.3) is 5.56 Å². The van der Waals surface area contributed by atoms with Crippen molar-refractivity contribution in [2.45, 2.75) is 23.9 Å². The summed E-state index contributed by atoms with van der Waals surface area (Å²) in [5, 5.41) is 2.50. The number of hydrogen-bond acceptors (Lipinski definition) is 7. The Bertz CT molecular complexity index is 1120. The zero-order valence-corrected chi connectivity index (χ0v) is 17.8. The highest BCUT2D eigenvalue weighted by atomic mass is 32.2. The van der Waals surface area contributed by atoms with Crippen molar-refractivity contribution < 1.29 is 19.1 Å². The molecular formula is C22H21N3O5S. The Kier molecular flexibility index (Phi) is 7.45. The Morgan fingerprint density at radius 2 is 1.90 bits per heavy atom. The molecule has 1 atom stereocenters. The Morgan fingerprint density at radius 1 is 1.13 bits per heavy atom. The smallest absolute Gasteiger partial charge is 0.337 e. The molecule has 0 aliphatic rings. The lowest BCUT2D eigenvalue weighted by molar-refractivity contribution is -0.115. The number of para-hydroxylation sites is 1. The van der Waals surface area contributed by atoms with E-state index in [1.54, 1.807) is 25.1 Å². The number of methoxy groups -OCH3 is 1. The lowest BCUT2D eigenvalue weighted by Crippen LogP contribution is -2.23. The molecule has 9 heteroatoms. The number of rotatable bonds is 8. The van der Waals surface area contributed by atoms with Crippen LogP contribution in [-0.4, -0.2) is 34.2 Å². The number of ether oxygens (including phenoxy) is 2. The molecule has 1 unspecified atom stereocenters. The lowest BCUT2D eigenvalue weighted by atomic mass is 10.2. The van der Waals surface area contributed by atoms with E-state index in [-0.39, 0.29) is 18.1 Å². The van der Waals surface area contributed by atoms with Crippen LogP contribution in [-0.2, 0) is 16.1 Å². The topological polar surface area (TPSA) is 110 Å². The van der Waals surface area contributed by atoms with E-state index in [0.29, 0.717) is 27.9 Å². The van der Waals surface area contributed by atoms with E-state index in [0.717, 1.165) is 11.8 Å². The zero-order chi connectivity index (χ0) is 22.2. The number of aromatic amines is 1. The van der Waals surface area contributed by atoms with E-state index in [1.165, 1.54) is 19.2 Å². The van der Waals surface area contributed by atoms with Crippen molar-refractivity contribution in [2.75, 3.05) is 12.4 Å². The van der Waals surface area contributed by atoms with Crippen LogP contribution in [0, 0.1) is 0 Å². The quantitative estimate of drug-likeness (QED) is 0.315. The van der Waals surface area contributed by atoms with Crippen LogP contribution in [0.5, 0.6) is 5.75 Å². The standard InChI is InChI=1S/C22H21N3O5S/c1-14(20(27)23-16-8-6-7-15(11-16)21(28)29-2)31-22-24-17(12-19(26)25-22)13-30-18-9-4-3-5-10-18/h3-12,14H,13H2,1-2H3,(H,23,27)(H,24,25,26). The van der Waals surface area contributed by atoms with E-state index in [9.17, 15) is 14.4 Å². The molecule has 8 nitrogen and oxygen atoms in total. The van der Waals surface area contributed by atoms with Crippen LogP contribution >= 0.6 is 11.8 Å². The number of thioether (sulfide) groups is 1. The minimum Gasteiger partial charge on any atom is -0.487 e. The van der Waals surface area contributed by atoms with Gasteiger partial charge in [-0.1, -0.05) is 36.0 Å². The molecule has 0 saturated heterocycles. The molecule has 31 heavy (non-hydrogen) atoms. The molecule has 0 aliphatic heterocycles. The summed E-state index contributed by atoms with van der Waals surface area (Å²) in [5.74, 6) is -0.129. The first kappa shape index (κ1) is 22.1. The molecule has 0 bridgehead atoms. The second-order valence-electron chi connectivity index (χ2n) is 6.47. The number of hydrogen-bond donors (Lipinski definition) is 2. The van der Waals surface area contributed by atoms with Gasteiger partial charge < -0.3 is 19.8 Å². The first-order chi connectivity index (χ1) is 14.9. The predicted molar refractivity (Wildman–Crippen MR) is 117 cm³/mol. The number of esters is 1. The molecular weight excluding hydrogens is 418 g/mol. The van der Waals surface area contributed by atoms with Gasteiger partial charge in [-0.15, -0.1) is 0 Å². The van der Waals surface area contributed by atoms with Gasteiger partial charge in [0.05, 0.1) is 23.6 Å². The molecule has 0 radical (unpaired) electrons. The van der Waals surface area contributed by atoms with E-state index in [2.05, 4.69) is 20.0 Å². The first-order valence-electron chi connectivity index (χ1n) is 9.38. The summed E-state index contributed by atoms with van der Waals surface area (Å²) in [7, 11) is 1.29. The highest BCUT2D eigenvalue weighted by molar-refractivity contribution is 8.00. The monoisotopic (exact) mass is 439 g/mol. The summed E-state index contributed by atoms with van der Waals surface area (Å²) >= 11 is 1.11. The van der Waals surface area contributed by atoms with E-state index in [1.807, 2.05) is 30.3 Å². The fourth-order valence-corrected chi connectivity index (χ4v) is 3.42. The van der Waals surface area contributed by atoms with Gasteiger partial charge in [-0.25, -0.2) is 9.78 Å². The number of benzene rings is 2. The fourth-order valence-electron chi connectivity index (χ4n) is 2.59. The average molecular weight is 439 g/mol. The molecule has 2 aromatic carbocycles. The second kappa shape index (κ2) is 10.4. The second-order valence-corrected chi connectivity index (χ2v) is 7.79. The summed E-state index contributed by atoms with van der Waals surface area (Å²) in [6.07, 6.45) is 0. The number of carbonyl (C=O) groups is 2. The van der Waals surface area contributed by atoms with Crippen molar-refractivity contribution in [1.29, 1.82) is 0 Å². The normalized spacial score (nSPS) is 11.4. The Morgan fingerprint density at radius 3 is 2.65 bits per heavy atom. The molecule has 3 aromatic rings. The number of carbonyl (C=O) groups excluding carboxylic acids is 2. The van der Waals surface area contributed by atoms with Crippen LogP contribution in [0.1, 0.15) is 23.0 Å². The summed E-state index contributed by atoms with van der Waals surface area (Å²) in [4.78, 5) is 43.2. The molecule has 0 fully saturated rings. The predicted octanol–water partition coefficient (Wildman–Crippen LogP) is 3.25. The number of nitrogens with one attached hydrogen (secondary N) is 2. The van der Waals surface area contributed by atoms with Crippen molar-refractivity contribution in [3.8, 4) is 5.75 Å². The molecule has 2 N–H and O–H groups in total. The van der Waals surface area contributed by atoms with Crippen LogP contribution in [0.25, 0.3) is 0 Å². The Labute approximate surface area is 183 Å². The minimum atomic E-state index is -0.560. The number of H-pyrrole nitrogens is 1. The van der Waals surface area contributed by atoms with Crippen molar-refractivity contribution in [3.05, 3.63) is 82.3 Å². The van der Waals surface area contributed by atoms with Crippen LogP contribution in [0.15, 0.2) is 70.6 Å². The maximum atomic E-state index is 12.6. The van der Waals surface area contributed by atoms with Crippen LogP contribution in [0.2, 0.25) is 0 Å². The number of aromatic nitrogens is 2. The van der Waals surface area contributed by atoms with Gasteiger partial charge in [0, 0.05) is 11.8 Å². The van der Waals surface area contributed by atoms with E-state index < -0.39 is 11.2 Å². The number of amides is 1. The Hall–Kier alpha value is -3.59. The van der Waals surface area contributed by atoms with Gasteiger partial charge in [-0.05, 0) is 37.3 Å². The molecule has 1 heterocycles. The largest absolute Gasteiger partial charge is 0.487 e. The lowest BCUT2D eigenvalue weighted by Gasteiger charge is -2.12. The summed E-state index contributed by atoms with van der Waals surface area (Å²) < 4.78 is 10.3. The molecule has 0 spiro atoms.